The Balaban J connectivity index is 1.46. The molecule has 5 nitrogen and oxygen atoms in total. The highest BCUT2D eigenvalue weighted by molar-refractivity contribution is 5.91. The van der Waals surface area contributed by atoms with E-state index < -0.39 is 29.3 Å². The quantitative estimate of drug-likeness (QED) is 0.0912. The van der Waals surface area contributed by atoms with Crippen molar-refractivity contribution in [1.29, 1.82) is 0 Å². The van der Waals surface area contributed by atoms with Gasteiger partial charge in [0.1, 0.15) is 5.75 Å². The average Bonchev–Trinajstić information content (AvgIpc) is 3.03. The van der Waals surface area contributed by atoms with E-state index in [4.69, 9.17) is 9.47 Å². The van der Waals surface area contributed by atoms with Crippen LogP contribution in [0.25, 0.3) is 0 Å². The van der Waals surface area contributed by atoms with E-state index in [9.17, 15) is 19.1 Å². The summed E-state index contributed by atoms with van der Waals surface area (Å²) in [5.41, 5.74) is -1.40. The molecule has 3 rings (SSSR count). The number of hydrogen-bond donors (Lipinski definition) is 1. The standard InChI is InChI=1S/C37H52F2O5/c1-3-5-6-7-8-9-10-11-12-16-25-43-34-24-21-30(26-33(34)38)35(40)44-32-22-19-29(20-23-32)28(4-2)27-37(39,36(41)42)31-17-14-13-15-18-31/h19-24,26,28,31H,3-18,25,27H2,1-2H3,(H,41,42)/t28?,37-/m0/s1. The van der Waals surface area contributed by atoms with Crippen molar-refractivity contribution in [2.24, 2.45) is 5.92 Å². The van der Waals surface area contributed by atoms with Crippen LogP contribution in [0.2, 0.25) is 0 Å². The van der Waals surface area contributed by atoms with Gasteiger partial charge in [-0.25, -0.2) is 18.4 Å². The van der Waals surface area contributed by atoms with Gasteiger partial charge >= 0.3 is 11.9 Å². The molecule has 1 saturated carbocycles. The summed E-state index contributed by atoms with van der Waals surface area (Å²) in [6.07, 6.45) is 16.5. The van der Waals surface area contributed by atoms with Crippen LogP contribution in [0.4, 0.5) is 8.78 Å². The maximum atomic E-state index is 15.9. The normalized spacial score (nSPS) is 15.8. The van der Waals surface area contributed by atoms with Gasteiger partial charge in [0, 0.05) is 5.92 Å². The summed E-state index contributed by atoms with van der Waals surface area (Å²) in [5, 5.41) is 9.81. The third kappa shape index (κ3) is 10.9. The Morgan fingerprint density at radius 3 is 2.07 bits per heavy atom. The van der Waals surface area contributed by atoms with E-state index in [2.05, 4.69) is 6.92 Å². The number of aliphatic carboxylic acids is 1. The summed E-state index contributed by atoms with van der Waals surface area (Å²) < 4.78 is 41.6. The summed E-state index contributed by atoms with van der Waals surface area (Å²) in [4.78, 5) is 24.7. The Morgan fingerprint density at radius 1 is 0.886 bits per heavy atom. The van der Waals surface area contributed by atoms with Crippen LogP contribution in [-0.4, -0.2) is 29.3 Å². The number of alkyl halides is 1. The summed E-state index contributed by atoms with van der Waals surface area (Å²) in [5.74, 6) is -3.06. The van der Waals surface area contributed by atoms with Crippen molar-refractivity contribution in [2.75, 3.05) is 6.61 Å². The molecule has 0 heterocycles. The molecule has 1 unspecified atom stereocenters. The molecule has 2 aromatic carbocycles. The number of esters is 1. The number of ether oxygens (including phenoxy) is 2. The summed E-state index contributed by atoms with van der Waals surface area (Å²) in [7, 11) is 0. The number of halogens is 2. The van der Waals surface area contributed by atoms with Crippen LogP contribution in [0.1, 0.15) is 145 Å². The lowest BCUT2D eigenvalue weighted by Gasteiger charge is -2.35. The average molecular weight is 615 g/mol. The highest BCUT2D eigenvalue weighted by atomic mass is 19.1. The minimum atomic E-state index is -2.26. The molecule has 0 bridgehead atoms. The van der Waals surface area contributed by atoms with Crippen molar-refractivity contribution < 1.29 is 33.0 Å². The van der Waals surface area contributed by atoms with E-state index in [0.717, 1.165) is 50.2 Å². The second-order valence-corrected chi connectivity index (χ2v) is 12.4. The molecule has 0 saturated heterocycles. The van der Waals surface area contributed by atoms with E-state index in [1.54, 1.807) is 24.3 Å². The van der Waals surface area contributed by atoms with Gasteiger partial charge in [0.05, 0.1) is 12.2 Å². The van der Waals surface area contributed by atoms with Crippen LogP contribution in [0.5, 0.6) is 11.5 Å². The second-order valence-electron chi connectivity index (χ2n) is 12.4. The highest BCUT2D eigenvalue weighted by Crippen LogP contribution is 2.42. The zero-order valence-electron chi connectivity index (χ0n) is 26.8. The lowest BCUT2D eigenvalue weighted by atomic mass is 9.72. The van der Waals surface area contributed by atoms with Gasteiger partial charge in [0.2, 0.25) is 5.67 Å². The SMILES string of the molecule is CCCCCCCCCCCCOc1ccc(C(=O)Oc2ccc(C(CC)C[C@@](F)(C(=O)O)C3CCCCC3)cc2)cc1F. The second kappa shape index (κ2) is 18.8. The molecule has 244 valence electrons. The lowest BCUT2D eigenvalue weighted by Crippen LogP contribution is -2.43. The molecule has 1 N–H and O–H groups in total. The van der Waals surface area contributed by atoms with Crippen LogP contribution < -0.4 is 9.47 Å². The molecular weight excluding hydrogens is 562 g/mol. The number of rotatable bonds is 20. The van der Waals surface area contributed by atoms with E-state index in [-0.39, 0.29) is 29.4 Å². The van der Waals surface area contributed by atoms with Crippen LogP contribution in [0.3, 0.4) is 0 Å². The molecule has 44 heavy (non-hydrogen) atoms. The van der Waals surface area contributed by atoms with Crippen LogP contribution in [0, 0.1) is 11.7 Å². The molecule has 0 radical (unpaired) electrons. The maximum absolute atomic E-state index is 15.9. The van der Waals surface area contributed by atoms with E-state index in [1.165, 1.54) is 57.1 Å². The third-order valence-electron chi connectivity index (χ3n) is 9.13. The topological polar surface area (TPSA) is 72.8 Å². The number of unbranched alkanes of at least 4 members (excludes halogenated alkanes) is 9. The number of benzene rings is 2. The fourth-order valence-corrected chi connectivity index (χ4v) is 6.34. The molecule has 2 atom stereocenters. The van der Waals surface area contributed by atoms with E-state index in [0.29, 0.717) is 25.9 Å². The first kappa shape index (κ1) is 35.5. The molecule has 1 aliphatic rings. The summed E-state index contributed by atoms with van der Waals surface area (Å²) in [6, 6.07) is 10.8. The predicted octanol–water partition coefficient (Wildman–Crippen LogP) is 10.6. The number of hydrogen-bond acceptors (Lipinski definition) is 4. The molecule has 0 amide bonds. The van der Waals surface area contributed by atoms with Gasteiger partial charge in [0.25, 0.3) is 0 Å². The Morgan fingerprint density at radius 2 is 1.50 bits per heavy atom. The molecule has 0 aliphatic heterocycles. The summed E-state index contributed by atoms with van der Waals surface area (Å²) >= 11 is 0. The number of carboxylic acids is 1. The molecule has 2 aromatic rings. The molecule has 7 heteroatoms. The van der Waals surface area contributed by atoms with Crippen molar-refractivity contribution >= 4 is 11.9 Å². The zero-order valence-corrected chi connectivity index (χ0v) is 26.8. The van der Waals surface area contributed by atoms with Crippen LogP contribution in [-0.2, 0) is 4.79 Å². The Kier molecular flexibility index (Phi) is 15.1. The van der Waals surface area contributed by atoms with E-state index >= 15 is 4.39 Å². The molecule has 0 spiro atoms. The highest BCUT2D eigenvalue weighted by Gasteiger charge is 2.48. The van der Waals surface area contributed by atoms with Crippen molar-refractivity contribution in [3.63, 3.8) is 0 Å². The Labute approximate surface area is 262 Å². The van der Waals surface area contributed by atoms with Gasteiger partial charge in [-0.1, -0.05) is 103 Å². The van der Waals surface area contributed by atoms with Gasteiger partial charge in [-0.15, -0.1) is 0 Å². The minimum Gasteiger partial charge on any atom is -0.491 e. The number of carboxylic acid groups (broad SMARTS) is 1. The van der Waals surface area contributed by atoms with Crippen molar-refractivity contribution in [1.82, 2.24) is 0 Å². The Hall–Kier alpha value is -2.96. The lowest BCUT2D eigenvalue weighted by molar-refractivity contribution is -0.157. The van der Waals surface area contributed by atoms with Gasteiger partial charge in [-0.2, -0.15) is 0 Å². The maximum Gasteiger partial charge on any atom is 0.343 e. The van der Waals surface area contributed by atoms with E-state index in [1.807, 2.05) is 6.92 Å². The zero-order chi connectivity index (χ0) is 31.8. The van der Waals surface area contributed by atoms with Crippen molar-refractivity contribution in [3.05, 3.63) is 59.4 Å². The van der Waals surface area contributed by atoms with Gasteiger partial charge in [-0.05, 0) is 73.9 Å². The fourth-order valence-electron chi connectivity index (χ4n) is 6.34. The number of carbonyl (C=O) groups excluding carboxylic acids is 1. The third-order valence-corrected chi connectivity index (χ3v) is 9.13. The van der Waals surface area contributed by atoms with Gasteiger partial charge < -0.3 is 14.6 Å². The van der Waals surface area contributed by atoms with Crippen molar-refractivity contribution in [2.45, 2.75) is 135 Å². The molecule has 0 aromatic heterocycles. The smallest absolute Gasteiger partial charge is 0.343 e. The fraction of sp³-hybridized carbons (Fsp3) is 0.622. The summed E-state index contributed by atoms with van der Waals surface area (Å²) in [6.45, 7) is 4.57. The molecular formula is C37H52F2O5. The first-order chi connectivity index (χ1) is 21.3. The first-order valence-electron chi connectivity index (χ1n) is 16.9. The number of carbonyl (C=O) groups is 2. The minimum absolute atomic E-state index is 0.0699. The van der Waals surface area contributed by atoms with Gasteiger partial charge in [-0.3, -0.25) is 0 Å². The Bertz CT molecular complexity index is 1150. The molecule has 1 fully saturated rings. The predicted molar refractivity (Wildman–Crippen MR) is 171 cm³/mol. The molecule has 1 aliphatic carbocycles. The van der Waals surface area contributed by atoms with Gasteiger partial charge in [0.15, 0.2) is 11.6 Å². The largest absolute Gasteiger partial charge is 0.491 e. The van der Waals surface area contributed by atoms with Crippen LogP contribution >= 0.6 is 0 Å². The van der Waals surface area contributed by atoms with Crippen LogP contribution in [0.15, 0.2) is 42.5 Å². The van der Waals surface area contributed by atoms with Crippen molar-refractivity contribution in [3.8, 4) is 11.5 Å². The first-order valence-corrected chi connectivity index (χ1v) is 16.9. The monoisotopic (exact) mass is 614 g/mol.